The first-order valence-corrected chi connectivity index (χ1v) is 7.37. The van der Waals surface area contributed by atoms with Crippen molar-refractivity contribution < 1.29 is 23.1 Å². The molecule has 1 aromatic carbocycles. The van der Waals surface area contributed by atoms with Crippen LogP contribution >= 0.6 is 11.8 Å². The van der Waals surface area contributed by atoms with Gasteiger partial charge in [-0.3, -0.25) is 4.79 Å². The van der Waals surface area contributed by atoms with Gasteiger partial charge in [0.1, 0.15) is 11.6 Å². The summed E-state index contributed by atoms with van der Waals surface area (Å²) in [6.45, 7) is 0.683. The minimum absolute atomic E-state index is 0.251. The maximum absolute atomic E-state index is 13.7. The molecule has 1 atom stereocenters. The monoisotopic (exact) mass is 316 g/mol. The van der Waals surface area contributed by atoms with Crippen LogP contribution < -0.4 is 10.6 Å². The SMILES string of the molecule is COC(=O)c1cc(NC(=O)C2CSCCN2)c(F)cc1F. The first-order valence-electron chi connectivity index (χ1n) is 6.22. The van der Waals surface area contributed by atoms with Crippen molar-refractivity contribution in [1.82, 2.24) is 5.32 Å². The zero-order valence-corrected chi connectivity index (χ0v) is 12.1. The molecule has 2 rings (SSSR count). The number of esters is 1. The topological polar surface area (TPSA) is 67.4 Å². The Labute approximate surface area is 124 Å². The molecule has 1 unspecified atom stereocenters. The highest BCUT2D eigenvalue weighted by atomic mass is 32.2. The number of nitrogens with one attached hydrogen (secondary N) is 2. The summed E-state index contributed by atoms with van der Waals surface area (Å²) < 4.78 is 31.6. The smallest absolute Gasteiger partial charge is 0.340 e. The van der Waals surface area contributed by atoms with Crippen molar-refractivity contribution in [1.29, 1.82) is 0 Å². The molecule has 0 spiro atoms. The fraction of sp³-hybridized carbons (Fsp3) is 0.385. The number of hydrogen-bond donors (Lipinski definition) is 2. The van der Waals surface area contributed by atoms with Crippen molar-refractivity contribution in [3.8, 4) is 0 Å². The zero-order chi connectivity index (χ0) is 15.4. The predicted molar refractivity (Wildman–Crippen MR) is 75.4 cm³/mol. The molecular formula is C13H14F2N2O3S. The summed E-state index contributed by atoms with van der Waals surface area (Å²) in [5.74, 6) is -1.88. The molecule has 8 heteroatoms. The minimum Gasteiger partial charge on any atom is -0.465 e. The summed E-state index contributed by atoms with van der Waals surface area (Å²) in [5, 5.41) is 5.36. The van der Waals surface area contributed by atoms with E-state index in [1.165, 1.54) is 0 Å². The molecule has 0 bridgehead atoms. The highest BCUT2D eigenvalue weighted by Crippen LogP contribution is 2.21. The van der Waals surface area contributed by atoms with Crippen LogP contribution in [0, 0.1) is 11.6 Å². The lowest BCUT2D eigenvalue weighted by Gasteiger charge is -2.22. The molecule has 0 aliphatic carbocycles. The Morgan fingerprint density at radius 3 is 2.76 bits per heavy atom. The van der Waals surface area contributed by atoms with E-state index in [-0.39, 0.29) is 5.69 Å². The predicted octanol–water partition coefficient (Wildman–Crippen LogP) is 1.39. The standard InChI is InChI=1S/C13H14F2N2O3S/c1-20-13(19)7-4-10(9(15)5-8(7)14)17-12(18)11-6-21-3-2-16-11/h4-5,11,16H,2-3,6H2,1H3,(H,17,18). The third kappa shape index (κ3) is 3.70. The van der Waals surface area contributed by atoms with Crippen molar-refractivity contribution >= 4 is 29.3 Å². The average molecular weight is 316 g/mol. The molecule has 0 aromatic heterocycles. The lowest BCUT2D eigenvalue weighted by Crippen LogP contribution is -2.46. The van der Waals surface area contributed by atoms with Gasteiger partial charge in [-0.2, -0.15) is 11.8 Å². The largest absolute Gasteiger partial charge is 0.465 e. The van der Waals surface area contributed by atoms with Crippen LogP contribution in [0.15, 0.2) is 12.1 Å². The van der Waals surface area contributed by atoms with Crippen molar-refractivity contribution in [3.05, 3.63) is 29.3 Å². The number of carbonyl (C=O) groups is 2. The summed E-state index contributed by atoms with van der Waals surface area (Å²) in [7, 11) is 1.09. The minimum atomic E-state index is -1.04. The molecular weight excluding hydrogens is 302 g/mol. The van der Waals surface area contributed by atoms with Gasteiger partial charge in [0.05, 0.1) is 24.4 Å². The van der Waals surface area contributed by atoms with Crippen LogP contribution in [0.3, 0.4) is 0 Å². The molecule has 114 valence electrons. The number of carbonyl (C=O) groups excluding carboxylic acids is 2. The first kappa shape index (κ1) is 15.7. The average Bonchev–Trinajstić information content (AvgIpc) is 2.50. The number of hydrogen-bond acceptors (Lipinski definition) is 5. The molecule has 21 heavy (non-hydrogen) atoms. The molecule has 0 saturated carbocycles. The Bertz CT molecular complexity index is 563. The maximum Gasteiger partial charge on any atom is 0.340 e. The zero-order valence-electron chi connectivity index (χ0n) is 11.2. The fourth-order valence-electron chi connectivity index (χ4n) is 1.86. The Morgan fingerprint density at radius 1 is 1.38 bits per heavy atom. The number of thioether (sulfide) groups is 1. The molecule has 1 aromatic rings. The Hall–Kier alpha value is -1.67. The van der Waals surface area contributed by atoms with E-state index in [2.05, 4.69) is 15.4 Å². The molecule has 1 aliphatic rings. The summed E-state index contributed by atoms with van der Waals surface area (Å²) in [5.41, 5.74) is -0.681. The van der Waals surface area contributed by atoms with E-state index < -0.39 is 35.1 Å². The van der Waals surface area contributed by atoms with Gasteiger partial charge in [-0.15, -0.1) is 0 Å². The van der Waals surface area contributed by atoms with Gasteiger partial charge in [-0.1, -0.05) is 0 Å². The molecule has 5 nitrogen and oxygen atoms in total. The highest BCUT2D eigenvalue weighted by molar-refractivity contribution is 7.99. The number of rotatable bonds is 3. The van der Waals surface area contributed by atoms with Gasteiger partial charge in [-0.05, 0) is 6.07 Å². The molecule has 1 heterocycles. The second kappa shape index (κ2) is 6.86. The number of ether oxygens (including phenoxy) is 1. The van der Waals surface area contributed by atoms with Gasteiger partial charge in [0.15, 0.2) is 0 Å². The normalized spacial score (nSPS) is 18.1. The molecule has 0 radical (unpaired) electrons. The molecule has 2 N–H and O–H groups in total. The number of halogens is 2. The van der Waals surface area contributed by atoms with Crippen LogP contribution in [0.5, 0.6) is 0 Å². The van der Waals surface area contributed by atoms with E-state index in [1.807, 2.05) is 0 Å². The third-order valence-corrected chi connectivity index (χ3v) is 4.02. The Kier molecular flexibility index (Phi) is 5.13. The van der Waals surface area contributed by atoms with E-state index in [0.29, 0.717) is 18.4 Å². The van der Waals surface area contributed by atoms with Crippen LogP contribution in [0.25, 0.3) is 0 Å². The van der Waals surface area contributed by atoms with E-state index in [0.717, 1.165) is 18.9 Å². The highest BCUT2D eigenvalue weighted by Gasteiger charge is 2.23. The van der Waals surface area contributed by atoms with Crippen LogP contribution in [0.2, 0.25) is 0 Å². The van der Waals surface area contributed by atoms with Gasteiger partial charge in [0, 0.05) is 24.1 Å². The van der Waals surface area contributed by atoms with E-state index in [9.17, 15) is 18.4 Å². The fourth-order valence-corrected chi connectivity index (χ4v) is 2.80. The number of anilines is 1. The van der Waals surface area contributed by atoms with Crippen LogP contribution in [0.4, 0.5) is 14.5 Å². The summed E-state index contributed by atoms with van der Waals surface area (Å²) in [6.07, 6.45) is 0. The molecule has 1 amide bonds. The number of methoxy groups -OCH3 is 1. The number of benzene rings is 1. The van der Waals surface area contributed by atoms with Crippen molar-refractivity contribution in [2.45, 2.75) is 6.04 Å². The molecule has 1 saturated heterocycles. The lowest BCUT2D eigenvalue weighted by molar-refractivity contribution is -0.117. The first-order chi connectivity index (χ1) is 10.0. The Balaban J connectivity index is 2.18. The second-order valence-corrected chi connectivity index (χ2v) is 5.52. The van der Waals surface area contributed by atoms with Crippen LogP contribution in [0.1, 0.15) is 10.4 Å². The van der Waals surface area contributed by atoms with Crippen molar-refractivity contribution in [2.75, 3.05) is 30.5 Å². The van der Waals surface area contributed by atoms with Crippen LogP contribution in [-0.4, -0.2) is 43.1 Å². The quantitative estimate of drug-likeness (QED) is 0.825. The van der Waals surface area contributed by atoms with Gasteiger partial charge in [-0.25, -0.2) is 13.6 Å². The maximum atomic E-state index is 13.7. The second-order valence-electron chi connectivity index (χ2n) is 4.37. The molecule has 1 fully saturated rings. The van der Waals surface area contributed by atoms with E-state index >= 15 is 0 Å². The summed E-state index contributed by atoms with van der Waals surface area (Å²) >= 11 is 1.61. The van der Waals surface area contributed by atoms with E-state index in [4.69, 9.17) is 0 Å². The van der Waals surface area contributed by atoms with Gasteiger partial charge in [0.25, 0.3) is 0 Å². The van der Waals surface area contributed by atoms with Crippen molar-refractivity contribution in [2.24, 2.45) is 0 Å². The van der Waals surface area contributed by atoms with Gasteiger partial charge >= 0.3 is 5.97 Å². The number of amides is 1. The summed E-state index contributed by atoms with van der Waals surface area (Å²) in [4.78, 5) is 23.4. The van der Waals surface area contributed by atoms with Crippen LogP contribution in [-0.2, 0) is 9.53 Å². The lowest BCUT2D eigenvalue weighted by atomic mass is 10.1. The van der Waals surface area contributed by atoms with Gasteiger partial charge < -0.3 is 15.4 Å². The van der Waals surface area contributed by atoms with Crippen molar-refractivity contribution in [3.63, 3.8) is 0 Å². The summed E-state index contributed by atoms with van der Waals surface area (Å²) in [6, 6.07) is 1.03. The third-order valence-electron chi connectivity index (χ3n) is 2.96. The van der Waals surface area contributed by atoms with E-state index in [1.54, 1.807) is 11.8 Å². The Morgan fingerprint density at radius 2 is 2.14 bits per heavy atom. The molecule has 1 aliphatic heterocycles. The van der Waals surface area contributed by atoms with Gasteiger partial charge in [0.2, 0.25) is 5.91 Å².